The summed E-state index contributed by atoms with van der Waals surface area (Å²) >= 11 is 0. The SMILES string of the molecule is CCS(=O)(=O)N1CCC(C(=O)N[C@H]2CCCNC2)(c2ccccc2)CC1. The molecular weight excluding hydrogens is 350 g/mol. The normalized spacial score (nSPS) is 24.1. The van der Waals surface area contributed by atoms with Gasteiger partial charge in [0.2, 0.25) is 15.9 Å². The van der Waals surface area contributed by atoms with Gasteiger partial charge in [-0.2, -0.15) is 0 Å². The molecule has 1 atom stereocenters. The van der Waals surface area contributed by atoms with Gasteiger partial charge in [-0.05, 0) is 44.7 Å². The topological polar surface area (TPSA) is 78.5 Å². The molecule has 0 aromatic heterocycles. The Balaban J connectivity index is 1.81. The second-order valence-electron chi connectivity index (χ2n) is 7.26. The zero-order valence-corrected chi connectivity index (χ0v) is 16.2. The van der Waals surface area contributed by atoms with Gasteiger partial charge in [0.25, 0.3) is 0 Å². The molecule has 7 heteroatoms. The Hall–Kier alpha value is -1.44. The van der Waals surface area contributed by atoms with Crippen LogP contribution >= 0.6 is 0 Å². The lowest BCUT2D eigenvalue weighted by Crippen LogP contribution is -2.56. The lowest BCUT2D eigenvalue weighted by atomic mass is 9.72. The molecule has 144 valence electrons. The number of piperidine rings is 2. The number of nitrogens with zero attached hydrogens (tertiary/aromatic N) is 1. The molecule has 2 N–H and O–H groups in total. The molecule has 6 nitrogen and oxygen atoms in total. The minimum absolute atomic E-state index is 0.0333. The number of nitrogens with one attached hydrogen (secondary N) is 2. The van der Waals surface area contributed by atoms with E-state index in [1.165, 1.54) is 4.31 Å². The predicted octanol–water partition coefficient (Wildman–Crippen LogP) is 1.24. The van der Waals surface area contributed by atoms with E-state index in [0.717, 1.165) is 31.5 Å². The Morgan fingerprint density at radius 2 is 1.96 bits per heavy atom. The highest BCUT2D eigenvalue weighted by molar-refractivity contribution is 7.89. The third-order valence-electron chi connectivity index (χ3n) is 5.73. The standard InChI is InChI=1S/C19H29N3O3S/c1-2-26(24,25)22-13-10-19(11-14-22,16-7-4-3-5-8-16)18(23)21-17-9-6-12-20-15-17/h3-5,7-8,17,20H,2,6,9-15H2,1H3,(H,21,23)/t17-/m0/s1. The van der Waals surface area contributed by atoms with Crippen LogP contribution in [0.2, 0.25) is 0 Å². The van der Waals surface area contributed by atoms with E-state index in [1.54, 1.807) is 6.92 Å². The molecule has 2 fully saturated rings. The van der Waals surface area contributed by atoms with E-state index in [9.17, 15) is 13.2 Å². The summed E-state index contributed by atoms with van der Waals surface area (Å²) in [4.78, 5) is 13.3. The van der Waals surface area contributed by atoms with Gasteiger partial charge in [-0.25, -0.2) is 12.7 Å². The first-order chi connectivity index (χ1) is 12.5. The average molecular weight is 380 g/mol. The summed E-state index contributed by atoms with van der Waals surface area (Å²) < 4.78 is 25.9. The minimum atomic E-state index is -3.21. The Kier molecular flexibility index (Phi) is 5.99. The third-order valence-corrected chi connectivity index (χ3v) is 7.61. The first-order valence-corrected chi connectivity index (χ1v) is 11.1. The first-order valence-electron chi connectivity index (χ1n) is 9.53. The summed E-state index contributed by atoms with van der Waals surface area (Å²) in [5.74, 6) is 0.136. The lowest BCUT2D eigenvalue weighted by molar-refractivity contribution is -0.129. The van der Waals surface area contributed by atoms with Crippen molar-refractivity contribution in [2.75, 3.05) is 31.9 Å². The molecule has 0 bridgehead atoms. The highest BCUT2D eigenvalue weighted by Crippen LogP contribution is 2.37. The molecule has 0 unspecified atom stereocenters. The largest absolute Gasteiger partial charge is 0.351 e. The number of hydrogen-bond acceptors (Lipinski definition) is 4. The minimum Gasteiger partial charge on any atom is -0.351 e. The Morgan fingerprint density at radius 1 is 1.27 bits per heavy atom. The van der Waals surface area contributed by atoms with Crippen molar-refractivity contribution in [3.05, 3.63) is 35.9 Å². The van der Waals surface area contributed by atoms with Crippen molar-refractivity contribution in [2.24, 2.45) is 0 Å². The molecule has 3 rings (SSSR count). The van der Waals surface area contributed by atoms with Gasteiger partial charge >= 0.3 is 0 Å². The molecule has 1 aromatic rings. The number of rotatable bonds is 5. The Bertz CT molecular complexity index is 707. The van der Waals surface area contributed by atoms with Crippen LogP contribution in [0, 0.1) is 0 Å². The molecule has 2 aliphatic heterocycles. The summed E-state index contributed by atoms with van der Waals surface area (Å²) in [6, 6.07) is 9.96. The van der Waals surface area contributed by atoms with Crippen molar-refractivity contribution >= 4 is 15.9 Å². The fraction of sp³-hybridized carbons (Fsp3) is 0.632. The maximum absolute atomic E-state index is 13.3. The predicted molar refractivity (Wildman–Crippen MR) is 102 cm³/mol. The quantitative estimate of drug-likeness (QED) is 0.807. The van der Waals surface area contributed by atoms with Crippen molar-refractivity contribution in [1.82, 2.24) is 14.9 Å². The summed E-state index contributed by atoms with van der Waals surface area (Å²) in [7, 11) is -3.21. The van der Waals surface area contributed by atoms with Crippen molar-refractivity contribution in [3.8, 4) is 0 Å². The number of benzene rings is 1. The van der Waals surface area contributed by atoms with Crippen LogP contribution in [0.4, 0.5) is 0 Å². The highest BCUT2D eigenvalue weighted by atomic mass is 32.2. The Labute approximate surface area is 156 Å². The fourth-order valence-corrected chi connectivity index (χ4v) is 5.14. The zero-order valence-electron chi connectivity index (χ0n) is 15.4. The van der Waals surface area contributed by atoms with Crippen LogP contribution in [0.3, 0.4) is 0 Å². The molecule has 2 aliphatic rings. The molecule has 1 aromatic carbocycles. The van der Waals surface area contributed by atoms with E-state index >= 15 is 0 Å². The number of sulfonamides is 1. The van der Waals surface area contributed by atoms with Gasteiger partial charge in [-0.1, -0.05) is 30.3 Å². The smallest absolute Gasteiger partial charge is 0.231 e. The molecular formula is C19H29N3O3S. The summed E-state index contributed by atoms with van der Waals surface area (Å²) in [5, 5.41) is 6.55. The van der Waals surface area contributed by atoms with Gasteiger partial charge < -0.3 is 10.6 Å². The van der Waals surface area contributed by atoms with Gasteiger partial charge in [0.1, 0.15) is 0 Å². The Morgan fingerprint density at radius 3 is 2.54 bits per heavy atom. The van der Waals surface area contributed by atoms with Crippen molar-refractivity contribution in [3.63, 3.8) is 0 Å². The molecule has 2 saturated heterocycles. The van der Waals surface area contributed by atoms with Crippen LogP contribution in [0.5, 0.6) is 0 Å². The maximum Gasteiger partial charge on any atom is 0.231 e. The first kappa shape index (κ1) is 19.3. The second kappa shape index (κ2) is 8.06. The van der Waals surface area contributed by atoms with Gasteiger partial charge in [-0.3, -0.25) is 4.79 Å². The van der Waals surface area contributed by atoms with Crippen LogP contribution in [-0.4, -0.2) is 56.6 Å². The van der Waals surface area contributed by atoms with E-state index in [4.69, 9.17) is 0 Å². The van der Waals surface area contributed by atoms with Gasteiger partial charge in [0.15, 0.2) is 0 Å². The van der Waals surface area contributed by atoms with Crippen molar-refractivity contribution in [2.45, 2.75) is 44.1 Å². The van der Waals surface area contributed by atoms with Gasteiger partial charge in [0, 0.05) is 25.7 Å². The fourth-order valence-electron chi connectivity index (χ4n) is 4.03. The van der Waals surface area contributed by atoms with E-state index in [-0.39, 0.29) is 17.7 Å². The molecule has 0 spiro atoms. The van der Waals surface area contributed by atoms with Crippen molar-refractivity contribution < 1.29 is 13.2 Å². The maximum atomic E-state index is 13.3. The molecule has 1 amide bonds. The molecule has 2 heterocycles. The monoisotopic (exact) mass is 379 g/mol. The third kappa shape index (κ3) is 3.94. The van der Waals surface area contributed by atoms with Gasteiger partial charge in [0.05, 0.1) is 11.2 Å². The zero-order chi connectivity index (χ0) is 18.6. The van der Waals surface area contributed by atoms with Crippen LogP contribution in [0.25, 0.3) is 0 Å². The highest BCUT2D eigenvalue weighted by Gasteiger charge is 2.45. The van der Waals surface area contributed by atoms with E-state index in [0.29, 0.717) is 25.9 Å². The van der Waals surface area contributed by atoms with E-state index in [2.05, 4.69) is 10.6 Å². The van der Waals surface area contributed by atoms with E-state index < -0.39 is 15.4 Å². The second-order valence-corrected chi connectivity index (χ2v) is 9.52. The lowest BCUT2D eigenvalue weighted by Gasteiger charge is -2.41. The number of carbonyl (C=O) groups is 1. The van der Waals surface area contributed by atoms with Crippen LogP contribution in [-0.2, 0) is 20.2 Å². The molecule has 26 heavy (non-hydrogen) atoms. The van der Waals surface area contributed by atoms with Crippen LogP contribution in [0.1, 0.15) is 38.2 Å². The van der Waals surface area contributed by atoms with Crippen LogP contribution in [0.15, 0.2) is 30.3 Å². The van der Waals surface area contributed by atoms with Crippen LogP contribution < -0.4 is 10.6 Å². The number of carbonyl (C=O) groups excluding carboxylic acids is 1. The van der Waals surface area contributed by atoms with Crippen molar-refractivity contribution in [1.29, 1.82) is 0 Å². The molecule has 0 radical (unpaired) electrons. The summed E-state index contributed by atoms with van der Waals surface area (Å²) in [5.41, 5.74) is 0.327. The average Bonchev–Trinajstić information content (AvgIpc) is 2.69. The molecule has 0 saturated carbocycles. The number of hydrogen-bond donors (Lipinski definition) is 2. The van der Waals surface area contributed by atoms with Gasteiger partial charge in [-0.15, -0.1) is 0 Å². The summed E-state index contributed by atoms with van der Waals surface area (Å²) in [6.45, 7) is 4.24. The number of amides is 1. The molecule has 0 aliphatic carbocycles. The van der Waals surface area contributed by atoms with E-state index in [1.807, 2.05) is 30.3 Å². The summed E-state index contributed by atoms with van der Waals surface area (Å²) in [6.07, 6.45) is 3.08.